The van der Waals surface area contributed by atoms with E-state index < -0.39 is 15.2 Å². The van der Waals surface area contributed by atoms with Crippen molar-refractivity contribution in [2.24, 2.45) is 0 Å². The zero-order valence-corrected chi connectivity index (χ0v) is 8.11. The quantitative estimate of drug-likeness (QED) is 0.253. The summed E-state index contributed by atoms with van der Waals surface area (Å²) in [6.45, 7) is 0. The highest BCUT2D eigenvalue weighted by atomic mass is 79.9. The highest BCUT2D eigenvalue weighted by molar-refractivity contribution is 9.10. The summed E-state index contributed by atoms with van der Waals surface area (Å²) in [5.41, 5.74) is 0. The Morgan fingerprint density at radius 2 is 0.818 bits per heavy atom. The van der Waals surface area contributed by atoms with Gasteiger partial charge in [-0.25, -0.2) is 0 Å². The maximum atomic E-state index is 8.65. The Bertz CT molecular complexity index is 127. The highest BCUT2D eigenvalue weighted by Crippen LogP contribution is 2.35. The van der Waals surface area contributed by atoms with Crippen LogP contribution in [-0.4, -0.2) is 45.8 Å². The van der Waals surface area contributed by atoms with Gasteiger partial charge in [-0.2, -0.15) is 0 Å². The number of rotatable bonds is 2. The molecular weight excluding hydrogens is 292 g/mol. The second kappa shape index (κ2) is 2.89. The summed E-state index contributed by atoms with van der Waals surface area (Å²) >= 11 is 3.99. The van der Waals surface area contributed by atoms with E-state index in [-0.39, 0.29) is 0 Å². The van der Waals surface area contributed by atoms with Crippen molar-refractivity contribution in [3.63, 3.8) is 0 Å². The van der Waals surface area contributed by atoms with Crippen molar-refractivity contribution in [2.75, 3.05) is 0 Å². The first-order valence-electron chi connectivity index (χ1n) is 2.22. The van der Waals surface area contributed by atoms with E-state index in [1.807, 2.05) is 31.9 Å². The molecule has 0 heterocycles. The van der Waals surface area contributed by atoms with E-state index in [1.54, 1.807) is 0 Å². The molecule has 0 amide bonds. The molecular formula is C3H6Br2O6. The monoisotopic (exact) mass is 296 g/mol. The maximum absolute atomic E-state index is 8.65. The first-order valence-corrected chi connectivity index (χ1v) is 3.81. The van der Waals surface area contributed by atoms with Crippen LogP contribution in [0.5, 0.6) is 0 Å². The van der Waals surface area contributed by atoms with Gasteiger partial charge in [-0.05, 0) is 31.9 Å². The Kier molecular flexibility index (Phi) is 3.08. The summed E-state index contributed by atoms with van der Waals surface area (Å²) < 4.78 is -6.49. The standard InChI is InChI=1S/C3H6Br2O6/c4-2(8,9)1(6,7)3(5,10)11/h6-11H. The summed E-state index contributed by atoms with van der Waals surface area (Å²) in [6, 6.07) is 0. The molecule has 0 rings (SSSR count). The minimum absolute atomic E-state index is 2.00. The minimum atomic E-state index is -3.57. The molecule has 0 aliphatic rings. The molecule has 0 saturated heterocycles. The molecule has 0 aromatic heterocycles. The third kappa shape index (κ3) is 2.33. The molecule has 0 aliphatic carbocycles. The molecule has 68 valence electrons. The predicted octanol–water partition coefficient (Wildman–Crippen LogP) is -2.27. The molecule has 0 unspecified atom stereocenters. The summed E-state index contributed by atoms with van der Waals surface area (Å²) in [4.78, 5) is 0. The third-order valence-electron chi connectivity index (χ3n) is 0.887. The normalized spacial score (nSPS) is 15.3. The van der Waals surface area contributed by atoms with Crippen molar-refractivity contribution in [1.29, 1.82) is 0 Å². The molecule has 0 saturated carbocycles. The molecule has 0 aromatic rings. The van der Waals surface area contributed by atoms with Gasteiger partial charge in [-0.3, -0.25) is 0 Å². The lowest BCUT2D eigenvalue weighted by Gasteiger charge is -2.35. The van der Waals surface area contributed by atoms with Crippen LogP contribution >= 0.6 is 31.9 Å². The van der Waals surface area contributed by atoms with Crippen LogP contribution < -0.4 is 0 Å². The average Bonchev–Trinajstić information content (AvgIpc) is 1.58. The van der Waals surface area contributed by atoms with Crippen molar-refractivity contribution in [3.8, 4) is 0 Å². The zero-order chi connectivity index (χ0) is 9.50. The SMILES string of the molecule is OC(O)(Br)C(O)(O)C(O)(O)Br. The summed E-state index contributed by atoms with van der Waals surface area (Å²) in [5.74, 6) is -3.57. The topological polar surface area (TPSA) is 121 Å². The molecule has 0 spiro atoms. The Morgan fingerprint density at radius 3 is 0.818 bits per heavy atom. The number of hydrogen-bond acceptors (Lipinski definition) is 6. The molecule has 0 aromatic carbocycles. The van der Waals surface area contributed by atoms with Gasteiger partial charge in [0.05, 0.1) is 0 Å². The smallest absolute Gasteiger partial charge is 0.296 e. The fraction of sp³-hybridized carbons (Fsp3) is 1.00. The van der Waals surface area contributed by atoms with Crippen LogP contribution in [0.15, 0.2) is 0 Å². The summed E-state index contributed by atoms with van der Waals surface area (Å²) in [7, 11) is 0. The van der Waals surface area contributed by atoms with Gasteiger partial charge in [-0.15, -0.1) is 0 Å². The largest absolute Gasteiger partial charge is 0.356 e. The molecule has 0 aliphatic heterocycles. The van der Waals surface area contributed by atoms with Crippen molar-refractivity contribution in [2.45, 2.75) is 15.2 Å². The highest BCUT2D eigenvalue weighted by Gasteiger charge is 2.59. The molecule has 6 nitrogen and oxygen atoms in total. The fourth-order valence-electron chi connectivity index (χ4n) is 0.202. The summed E-state index contributed by atoms with van der Waals surface area (Å²) in [6.07, 6.45) is 0. The second-order valence-corrected chi connectivity index (χ2v) is 4.06. The van der Waals surface area contributed by atoms with E-state index in [4.69, 9.17) is 30.6 Å². The Hall–Kier alpha value is 0.720. The molecule has 8 heteroatoms. The molecule has 0 radical (unpaired) electrons. The average molecular weight is 298 g/mol. The van der Waals surface area contributed by atoms with E-state index in [0.29, 0.717) is 0 Å². The lowest BCUT2D eigenvalue weighted by atomic mass is 10.2. The van der Waals surface area contributed by atoms with Crippen molar-refractivity contribution in [3.05, 3.63) is 0 Å². The van der Waals surface area contributed by atoms with Gasteiger partial charge in [0.1, 0.15) is 0 Å². The van der Waals surface area contributed by atoms with Crippen LogP contribution in [0.25, 0.3) is 0 Å². The lowest BCUT2D eigenvalue weighted by molar-refractivity contribution is -0.387. The van der Waals surface area contributed by atoms with Crippen LogP contribution in [0.1, 0.15) is 0 Å². The zero-order valence-electron chi connectivity index (χ0n) is 4.94. The number of hydrogen-bond donors (Lipinski definition) is 6. The maximum Gasteiger partial charge on any atom is 0.296 e. The molecule has 6 N–H and O–H groups in total. The van der Waals surface area contributed by atoms with E-state index in [9.17, 15) is 0 Å². The number of halogens is 2. The fourth-order valence-corrected chi connectivity index (χ4v) is 1.02. The van der Waals surface area contributed by atoms with Gasteiger partial charge in [-0.1, -0.05) is 0 Å². The Morgan fingerprint density at radius 1 is 0.636 bits per heavy atom. The third-order valence-corrected chi connectivity index (χ3v) is 1.99. The van der Waals surface area contributed by atoms with Crippen LogP contribution in [0.2, 0.25) is 0 Å². The van der Waals surface area contributed by atoms with Gasteiger partial charge in [0.2, 0.25) is 0 Å². The molecule has 0 bridgehead atoms. The first-order chi connectivity index (χ1) is 4.50. The molecule has 11 heavy (non-hydrogen) atoms. The van der Waals surface area contributed by atoms with Gasteiger partial charge in [0.25, 0.3) is 15.2 Å². The Balaban J connectivity index is 4.75. The van der Waals surface area contributed by atoms with Crippen molar-refractivity contribution >= 4 is 31.9 Å². The number of alkyl halides is 2. The Labute approximate surface area is 78.0 Å². The van der Waals surface area contributed by atoms with Crippen molar-refractivity contribution < 1.29 is 30.6 Å². The van der Waals surface area contributed by atoms with Crippen LogP contribution in [0, 0.1) is 0 Å². The van der Waals surface area contributed by atoms with Crippen LogP contribution in [-0.2, 0) is 0 Å². The van der Waals surface area contributed by atoms with E-state index in [1.165, 1.54) is 0 Å². The summed E-state index contributed by atoms with van der Waals surface area (Å²) in [5, 5.41) is 51.3. The van der Waals surface area contributed by atoms with E-state index >= 15 is 0 Å². The number of aliphatic hydroxyl groups is 6. The molecule has 0 fully saturated rings. The lowest BCUT2D eigenvalue weighted by Crippen LogP contribution is -2.62. The van der Waals surface area contributed by atoms with E-state index in [0.717, 1.165) is 0 Å². The van der Waals surface area contributed by atoms with Gasteiger partial charge in [0.15, 0.2) is 0 Å². The van der Waals surface area contributed by atoms with E-state index in [2.05, 4.69) is 0 Å². The van der Waals surface area contributed by atoms with Crippen LogP contribution in [0.3, 0.4) is 0 Å². The molecule has 0 atom stereocenters. The van der Waals surface area contributed by atoms with Gasteiger partial charge < -0.3 is 30.6 Å². The second-order valence-electron chi connectivity index (χ2n) is 1.85. The van der Waals surface area contributed by atoms with Gasteiger partial charge >= 0.3 is 0 Å². The first kappa shape index (κ1) is 11.7. The predicted molar refractivity (Wildman–Crippen MR) is 39.4 cm³/mol. The van der Waals surface area contributed by atoms with Crippen molar-refractivity contribution in [1.82, 2.24) is 0 Å². The van der Waals surface area contributed by atoms with Crippen LogP contribution in [0.4, 0.5) is 0 Å². The minimum Gasteiger partial charge on any atom is -0.356 e. The van der Waals surface area contributed by atoms with Gasteiger partial charge in [0, 0.05) is 0 Å².